The maximum atomic E-state index is 11.8. The molecule has 5 heteroatoms. The quantitative estimate of drug-likeness (QED) is 0.747. The van der Waals surface area contributed by atoms with Gasteiger partial charge in [0.15, 0.2) is 6.61 Å². The van der Waals surface area contributed by atoms with Crippen LogP contribution in [-0.2, 0) is 4.79 Å². The highest BCUT2D eigenvalue weighted by Crippen LogP contribution is 2.14. The van der Waals surface area contributed by atoms with Gasteiger partial charge in [0.1, 0.15) is 5.75 Å². The fourth-order valence-corrected chi connectivity index (χ4v) is 2.56. The summed E-state index contributed by atoms with van der Waals surface area (Å²) in [6, 6.07) is 7.09. The van der Waals surface area contributed by atoms with Crippen LogP contribution in [-0.4, -0.2) is 43.6 Å². The third-order valence-corrected chi connectivity index (χ3v) is 3.64. The van der Waals surface area contributed by atoms with Gasteiger partial charge in [0.05, 0.1) is 0 Å². The fourth-order valence-electron chi connectivity index (χ4n) is 2.56. The number of nitrogens with zero attached hydrogens (tertiary/aromatic N) is 1. The summed E-state index contributed by atoms with van der Waals surface area (Å²) in [5.41, 5.74) is 6.29. The van der Waals surface area contributed by atoms with E-state index in [1.54, 1.807) is 24.3 Å². The van der Waals surface area contributed by atoms with Crippen LogP contribution < -0.4 is 15.8 Å². The molecule has 2 rings (SSSR count). The molecule has 0 saturated carbocycles. The monoisotopic (exact) mass is 291 g/mol. The van der Waals surface area contributed by atoms with Gasteiger partial charge >= 0.3 is 0 Å². The maximum absolute atomic E-state index is 11.8. The zero-order chi connectivity index (χ0) is 15.1. The van der Waals surface area contributed by atoms with Crippen molar-refractivity contribution in [3.63, 3.8) is 0 Å². The van der Waals surface area contributed by atoms with E-state index in [0.29, 0.717) is 23.9 Å². The molecule has 1 unspecified atom stereocenters. The van der Waals surface area contributed by atoms with Crippen LogP contribution in [0.25, 0.3) is 0 Å². The number of anilines is 1. The Morgan fingerprint density at radius 1 is 1.43 bits per heavy atom. The molecule has 1 fully saturated rings. The summed E-state index contributed by atoms with van der Waals surface area (Å²) in [7, 11) is 0. The second kappa shape index (κ2) is 7.88. The molecule has 0 radical (unpaired) electrons. The first-order chi connectivity index (χ1) is 10.1. The van der Waals surface area contributed by atoms with Crippen molar-refractivity contribution in [3.8, 4) is 5.75 Å². The lowest BCUT2D eigenvalue weighted by atomic mass is 10.1. The molecule has 1 aliphatic heterocycles. The maximum Gasteiger partial charge on any atom is 0.257 e. The van der Waals surface area contributed by atoms with E-state index in [-0.39, 0.29) is 12.5 Å². The summed E-state index contributed by atoms with van der Waals surface area (Å²) in [5, 5.41) is 2.92. The summed E-state index contributed by atoms with van der Waals surface area (Å²) in [4.78, 5) is 14.2. The Bertz CT molecular complexity index is 459. The van der Waals surface area contributed by atoms with Crippen molar-refractivity contribution in [1.29, 1.82) is 0 Å². The molecule has 1 amide bonds. The van der Waals surface area contributed by atoms with Gasteiger partial charge < -0.3 is 20.7 Å². The first kappa shape index (κ1) is 15.6. The number of likely N-dealkylation sites (tertiary alicyclic amines) is 1. The van der Waals surface area contributed by atoms with Crippen molar-refractivity contribution in [1.82, 2.24) is 10.2 Å². The highest BCUT2D eigenvalue weighted by Gasteiger charge is 2.15. The van der Waals surface area contributed by atoms with E-state index in [1.807, 2.05) is 0 Å². The van der Waals surface area contributed by atoms with Gasteiger partial charge in [-0.2, -0.15) is 0 Å². The molecule has 1 saturated heterocycles. The molecule has 1 atom stereocenters. The van der Waals surface area contributed by atoms with Crippen molar-refractivity contribution in [2.45, 2.75) is 19.8 Å². The Hall–Kier alpha value is -1.75. The van der Waals surface area contributed by atoms with Gasteiger partial charge in [-0.05, 0) is 44.0 Å². The third kappa shape index (κ3) is 5.63. The molecule has 0 bridgehead atoms. The lowest BCUT2D eigenvalue weighted by Gasteiger charge is -2.20. The largest absolute Gasteiger partial charge is 0.484 e. The Labute approximate surface area is 126 Å². The van der Waals surface area contributed by atoms with Crippen molar-refractivity contribution in [2.75, 3.05) is 38.5 Å². The Balaban J connectivity index is 1.62. The van der Waals surface area contributed by atoms with Gasteiger partial charge in [0, 0.05) is 24.8 Å². The molecule has 1 heterocycles. The summed E-state index contributed by atoms with van der Waals surface area (Å²) in [6.07, 6.45) is 2.60. The number of hydrogen-bond acceptors (Lipinski definition) is 4. The molecule has 1 aliphatic rings. The zero-order valence-corrected chi connectivity index (χ0v) is 12.7. The van der Waals surface area contributed by atoms with E-state index in [4.69, 9.17) is 10.5 Å². The van der Waals surface area contributed by atoms with Crippen LogP contribution in [0.4, 0.5) is 5.69 Å². The average Bonchev–Trinajstić information content (AvgIpc) is 2.96. The molecule has 116 valence electrons. The van der Waals surface area contributed by atoms with Crippen molar-refractivity contribution < 1.29 is 9.53 Å². The second-order valence-corrected chi connectivity index (χ2v) is 5.78. The van der Waals surface area contributed by atoms with Gasteiger partial charge in [0.25, 0.3) is 5.91 Å². The lowest BCUT2D eigenvalue weighted by Crippen LogP contribution is -2.36. The highest BCUT2D eigenvalue weighted by atomic mass is 16.5. The van der Waals surface area contributed by atoms with E-state index in [2.05, 4.69) is 17.1 Å². The standard InChI is InChI=1S/C16H25N3O2/c1-13(11-19-7-2-3-8-19)10-18-16(20)12-21-15-6-4-5-14(17)9-15/h4-6,9,13H,2-3,7-8,10-12,17H2,1H3,(H,18,20). The predicted molar refractivity (Wildman–Crippen MR) is 84.2 cm³/mol. The van der Waals surface area contributed by atoms with Crippen LogP contribution in [0.1, 0.15) is 19.8 Å². The average molecular weight is 291 g/mol. The number of carbonyl (C=O) groups excluding carboxylic acids is 1. The third-order valence-electron chi connectivity index (χ3n) is 3.64. The number of nitrogens with one attached hydrogen (secondary N) is 1. The first-order valence-electron chi connectivity index (χ1n) is 7.61. The minimum atomic E-state index is -0.0919. The summed E-state index contributed by atoms with van der Waals surface area (Å²) in [5.74, 6) is 0.986. The molecular formula is C16H25N3O2. The Kier molecular flexibility index (Phi) is 5.87. The van der Waals surface area contributed by atoms with Crippen LogP contribution in [0.15, 0.2) is 24.3 Å². The van der Waals surface area contributed by atoms with Crippen molar-refractivity contribution in [3.05, 3.63) is 24.3 Å². The molecule has 0 aliphatic carbocycles. The van der Waals surface area contributed by atoms with E-state index < -0.39 is 0 Å². The van der Waals surface area contributed by atoms with E-state index in [9.17, 15) is 4.79 Å². The van der Waals surface area contributed by atoms with Gasteiger partial charge in [-0.25, -0.2) is 0 Å². The topological polar surface area (TPSA) is 67.6 Å². The van der Waals surface area contributed by atoms with Crippen LogP contribution in [0.5, 0.6) is 5.75 Å². The first-order valence-corrected chi connectivity index (χ1v) is 7.61. The molecular weight excluding hydrogens is 266 g/mol. The number of carbonyl (C=O) groups is 1. The Morgan fingerprint density at radius 3 is 2.90 bits per heavy atom. The molecule has 1 aromatic carbocycles. The number of ether oxygens (including phenoxy) is 1. The minimum Gasteiger partial charge on any atom is -0.484 e. The molecule has 3 N–H and O–H groups in total. The van der Waals surface area contributed by atoms with Gasteiger partial charge in [0.2, 0.25) is 0 Å². The number of rotatable bonds is 7. The fraction of sp³-hybridized carbons (Fsp3) is 0.562. The van der Waals surface area contributed by atoms with Crippen LogP contribution in [0, 0.1) is 5.92 Å². The number of nitrogen functional groups attached to an aromatic ring is 1. The van der Waals surface area contributed by atoms with Gasteiger partial charge in [-0.3, -0.25) is 4.79 Å². The van der Waals surface area contributed by atoms with Crippen LogP contribution >= 0.6 is 0 Å². The molecule has 1 aromatic rings. The van der Waals surface area contributed by atoms with Gasteiger partial charge in [-0.1, -0.05) is 13.0 Å². The lowest BCUT2D eigenvalue weighted by molar-refractivity contribution is -0.123. The molecule has 0 aromatic heterocycles. The number of amides is 1. The normalized spacial score (nSPS) is 16.6. The van der Waals surface area contributed by atoms with Crippen LogP contribution in [0.3, 0.4) is 0 Å². The summed E-state index contributed by atoms with van der Waals surface area (Å²) in [6.45, 7) is 6.32. The number of benzene rings is 1. The SMILES string of the molecule is CC(CNC(=O)COc1cccc(N)c1)CN1CCCC1. The zero-order valence-electron chi connectivity index (χ0n) is 12.7. The van der Waals surface area contributed by atoms with Crippen molar-refractivity contribution >= 4 is 11.6 Å². The van der Waals surface area contributed by atoms with Gasteiger partial charge in [-0.15, -0.1) is 0 Å². The number of hydrogen-bond donors (Lipinski definition) is 2. The molecule has 21 heavy (non-hydrogen) atoms. The highest BCUT2D eigenvalue weighted by molar-refractivity contribution is 5.77. The summed E-state index contributed by atoms with van der Waals surface area (Å²) >= 11 is 0. The van der Waals surface area contributed by atoms with Crippen molar-refractivity contribution in [2.24, 2.45) is 5.92 Å². The van der Waals surface area contributed by atoms with E-state index in [1.165, 1.54) is 25.9 Å². The smallest absolute Gasteiger partial charge is 0.257 e. The van der Waals surface area contributed by atoms with E-state index >= 15 is 0 Å². The predicted octanol–water partition coefficient (Wildman–Crippen LogP) is 1.50. The molecule has 5 nitrogen and oxygen atoms in total. The second-order valence-electron chi connectivity index (χ2n) is 5.78. The van der Waals surface area contributed by atoms with E-state index in [0.717, 1.165) is 6.54 Å². The van der Waals surface area contributed by atoms with Crippen LogP contribution in [0.2, 0.25) is 0 Å². The number of nitrogens with two attached hydrogens (primary N) is 1. The minimum absolute atomic E-state index is 0.0277. The summed E-state index contributed by atoms with van der Waals surface area (Å²) < 4.78 is 5.41. The Morgan fingerprint density at radius 2 is 2.19 bits per heavy atom. The molecule has 0 spiro atoms.